The van der Waals surface area contributed by atoms with Crippen molar-refractivity contribution in [2.24, 2.45) is 0 Å². The molecule has 2 amide bonds. The average Bonchev–Trinajstić information content (AvgIpc) is 2.69. The quantitative estimate of drug-likeness (QED) is 0.722. The minimum absolute atomic E-state index is 0.323. The number of imide groups is 1. The van der Waals surface area contributed by atoms with Crippen LogP contribution in [0, 0.1) is 6.92 Å². The minimum Gasteiger partial charge on any atom is -0.268 e. The summed E-state index contributed by atoms with van der Waals surface area (Å²) < 4.78 is 0.661. The first kappa shape index (κ1) is 13.3. The summed E-state index contributed by atoms with van der Waals surface area (Å²) in [5.74, 6) is -0.645. The third kappa shape index (κ3) is 1.79. The van der Waals surface area contributed by atoms with Crippen molar-refractivity contribution >= 4 is 45.0 Å². The summed E-state index contributed by atoms with van der Waals surface area (Å²) in [7, 11) is 0. The van der Waals surface area contributed by atoms with Crippen LogP contribution in [0.2, 0.25) is 5.02 Å². The van der Waals surface area contributed by atoms with Crippen LogP contribution >= 0.6 is 27.5 Å². The standard InChI is InChI=1S/C15H9BrClNO2/c1-8-12(17)7-6-11(16)13(8)18-14(19)9-4-2-3-5-10(9)15(18)20/h2-7H,1H3. The lowest BCUT2D eigenvalue weighted by Crippen LogP contribution is -2.30. The SMILES string of the molecule is Cc1c(Cl)ccc(Br)c1N1C(=O)c2ccccc2C1=O. The highest BCUT2D eigenvalue weighted by Crippen LogP contribution is 2.38. The second-order valence-electron chi connectivity index (χ2n) is 4.49. The van der Waals surface area contributed by atoms with Gasteiger partial charge in [-0.1, -0.05) is 23.7 Å². The van der Waals surface area contributed by atoms with Crippen molar-refractivity contribution < 1.29 is 9.59 Å². The zero-order chi connectivity index (χ0) is 14.4. The zero-order valence-electron chi connectivity index (χ0n) is 10.5. The van der Waals surface area contributed by atoms with Gasteiger partial charge >= 0.3 is 0 Å². The van der Waals surface area contributed by atoms with Gasteiger partial charge in [-0.25, -0.2) is 4.90 Å². The van der Waals surface area contributed by atoms with Crippen molar-refractivity contribution in [3.05, 3.63) is 62.6 Å². The molecule has 0 saturated heterocycles. The van der Waals surface area contributed by atoms with Gasteiger partial charge in [0.2, 0.25) is 0 Å². The molecule has 2 aromatic carbocycles. The molecule has 1 aliphatic rings. The Morgan fingerprint density at radius 3 is 2.10 bits per heavy atom. The number of halogens is 2. The molecule has 5 heteroatoms. The molecule has 3 nitrogen and oxygen atoms in total. The van der Waals surface area contributed by atoms with E-state index in [9.17, 15) is 9.59 Å². The summed E-state index contributed by atoms with van der Waals surface area (Å²) in [6.07, 6.45) is 0. The normalized spacial score (nSPS) is 13.8. The van der Waals surface area contributed by atoms with Crippen LogP contribution in [0.5, 0.6) is 0 Å². The van der Waals surface area contributed by atoms with Gasteiger partial charge in [-0.05, 0) is 52.7 Å². The van der Waals surface area contributed by atoms with Gasteiger partial charge in [-0.3, -0.25) is 9.59 Å². The fraction of sp³-hybridized carbons (Fsp3) is 0.0667. The number of carbonyl (C=O) groups is 2. The fourth-order valence-electron chi connectivity index (χ4n) is 2.31. The number of rotatable bonds is 1. The molecule has 0 spiro atoms. The highest BCUT2D eigenvalue weighted by Gasteiger charge is 2.38. The van der Waals surface area contributed by atoms with E-state index in [4.69, 9.17) is 11.6 Å². The van der Waals surface area contributed by atoms with E-state index >= 15 is 0 Å². The number of carbonyl (C=O) groups excluding carboxylic acids is 2. The maximum absolute atomic E-state index is 12.5. The lowest BCUT2D eigenvalue weighted by molar-refractivity contribution is 0.0925. The Morgan fingerprint density at radius 1 is 1.00 bits per heavy atom. The first-order valence-electron chi connectivity index (χ1n) is 5.95. The van der Waals surface area contributed by atoms with Crippen LogP contribution in [0.25, 0.3) is 0 Å². The van der Waals surface area contributed by atoms with Crippen molar-refractivity contribution in [2.75, 3.05) is 4.90 Å². The Labute approximate surface area is 129 Å². The maximum atomic E-state index is 12.5. The highest BCUT2D eigenvalue weighted by atomic mass is 79.9. The Morgan fingerprint density at radius 2 is 1.55 bits per heavy atom. The van der Waals surface area contributed by atoms with Crippen LogP contribution in [-0.4, -0.2) is 11.8 Å². The molecule has 0 bridgehead atoms. The molecule has 2 aromatic rings. The van der Waals surface area contributed by atoms with Crippen molar-refractivity contribution in [3.8, 4) is 0 Å². The molecule has 0 saturated carbocycles. The fourth-order valence-corrected chi connectivity index (χ4v) is 3.07. The number of anilines is 1. The molecule has 0 aromatic heterocycles. The van der Waals surface area contributed by atoms with Crippen LogP contribution < -0.4 is 4.90 Å². The lowest BCUT2D eigenvalue weighted by Gasteiger charge is -2.19. The summed E-state index contributed by atoms with van der Waals surface area (Å²) in [5, 5.41) is 0.514. The van der Waals surface area contributed by atoms with E-state index in [-0.39, 0.29) is 11.8 Å². The van der Waals surface area contributed by atoms with E-state index < -0.39 is 0 Å². The van der Waals surface area contributed by atoms with E-state index in [0.29, 0.717) is 31.9 Å². The Hall–Kier alpha value is -1.65. The molecule has 20 heavy (non-hydrogen) atoms. The van der Waals surface area contributed by atoms with E-state index in [1.165, 1.54) is 4.90 Å². The molecule has 0 unspecified atom stereocenters. The topological polar surface area (TPSA) is 37.4 Å². The molecule has 1 aliphatic heterocycles. The predicted molar refractivity (Wildman–Crippen MR) is 81.5 cm³/mol. The van der Waals surface area contributed by atoms with Gasteiger partial charge in [0.05, 0.1) is 16.8 Å². The molecular formula is C15H9BrClNO2. The summed E-state index contributed by atoms with van der Waals surface area (Å²) in [4.78, 5) is 26.1. The largest absolute Gasteiger partial charge is 0.268 e. The number of nitrogens with zero attached hydrogens (tertiary/aromatic N) is 1. The monoisotopic (exact) mass is 349 g/mol. The smallest absolute Gasteiger partial charge is 0.266 e. The van der Waals surface area contributed by atoms with Gasteiger partial charge in [-0.2, -0.15) is 0 Å². The average molecular weight is 351 g/mol. The molecule has 0 radical (unpaired) electrons. The van der Waals surface area contributed by atoms with Gasteiger partial charge in [-0.15, -0.1) is 0 Å². The van der Waals surface area contributed by atoms with Gasteiger partial charge in [0.25, 0.3) is 11.8 Å². The van der Waals surface area contributed by atoms with Gasteiger partial charge in [0, 0.05) is 9.50 Å². The minimum atomic E-state index is -0.323. The number of amides is 2. The second kappa shape index (κ2) is 4.72. The van der Waals surface area contributed by atoms with Crippen LogP contribution in [0.15, 0.2) is 40.9 Å². The number of benzene rings is 2. The van der Waals surface area contributed by atoms with E-state index in [2.05, 4.69) is 15.9 Å². The summed E-state index contributed by atoms with van der Waals surface area (Å²) in [6, 6.07) is 10.3. The molecule has 100 valence electrons. The Bertz CT molecular complexity index is 723. The Balaban J connectivity index is 2.22. The molecule has 0 fully saturated rings. The Kier molecular flexibility index (Phi) is 3.15. The number of fused-ring (bicyclic) bond motifs is 1. The summed E-state index contributed by atoms with van der Waals surface area (Å²) in [5.41, 5.74) is 2.03. The molecular weight excluding hydrogens is 342 g/mol. The maximum Gasteiger partial charge on any atom is 0.266 e. The zero-order valence-corrected chi connectivity index (χ0v) is 12.8. The van der Waals surface area contributed by atoms with E-state index in [0.717, 1.165) is 0 Å². The first-order valence-corrected chi connectivity index (χ1v) is 7.12. The van der Waals surface area contributed by atoms with Gasteiger partial charge in [0.15, 0.2) is 0 Å². The van der Waals surface area contributed by atoms with E-state index in [1.807, 2.05) is 0 Å². The van der Waals surface area contributed by atoms with E-state index in [1.54, 1.807) is 43.3 Å². The molecule has 0 aliphatic carbocycles. The lowest BCUT2D eigenvalue weighted by atomic mass is 10.1. The van der Waals surface area contributed by atoms with Gasteiger partial charge < -0.3 is 0 Å². The van der Waals surface area contributed by atoms with Crippen molar-refractivity contribution in [2.45, 2.75) is 6.92 Å². The van der Waals surface area contributed by atoms with Crippen LogP contribution in [0.3, 0.4) is 0 Å². The van der Waals surface area contributed by atoms with Crippen molar-refractivity contribution in [1.82, 2.24) is 0 Å². The second-order valence-corrected chi connectivity index (χ2v) is 5.76. The van der Waals surface area contributed by atoms with Crippen LogP contribution in [-0.2, 0) is 0 Å². The van der Waals surface area contributed by atoms with Gasteiger partial charge in [0.1, 0.15) is 0 Å². The number of hydrogen-bond acceptors (Lipinski definition) is 2. The molecule has 1 heterocycles. The van der Waals surface area contributed by atoms with Crippen LogP contribution in [0.1, 0.15) is 26.3 Å². The summed E-state index contributed by atoms with van der Waals surface area (Å²) in [6.45, 7) is 1.78. The number of hydrogen-bond donors (Lipinski definition) is 0. The highest BCUT2D eigenvalue weighted by molar-refractivity contribution is 9.10. The first-order chi connectivity index (χ1) is 9.52. The van der Waals surface area contributed by atoms with Crippen LogP contribution in [0.4, 0.5) is 5.69 Å². The molecule has 0 atom stereocenters. The molecule has 0 N–H and O–H groups in total. The predicted octanol–water partition coefficient (Wildman–Crippen LogP) is 4.21. The summed E-state index contributed by atoms with van der Waals surface area (Å²) >= 11 is 9.49. The van der Waals surface area contributed by atoms with Crippen molar-refractivity contribution in [3.63, 3.8) is 0 Å². The molecule has 3 rings (SSSR count). The van der Waals surface area contributed by atoms with Crippen molar-refractivity contribution in [1.29, 1.82) is 0 Å². The third-order valence-electron chi connectivity index (χ3n) is 3.33. The third-order valence-corrected chi connectivity index (χ3v) is 4.38.